The Morgan fingerprint density at radius 3 is 2.51 bits per heavy atom. The molecule has 7 heterocycles. The Morgan fingerprint density at radius 2 is 1.79 bits per heavy atom. The molecule has 0 radical (unpaired) electrons. The number of para-hydroxylation sites is 1. The number of imide groups is 1. The number of halogens is 3. The van der Waals surface area contributed by atoms with E-state index in [2.05, 4.69) is 54.5 Å². The topological polar surface area (TPSA) is 178 Å². The summed E-state index contributed by atoms with van der Waals surface area (Å²) in [6.45, 7) is 9.10. The van der Waals surface area contributed by atoms with Crippen LogP contribution in [0.3, 0.4) is 0 Å². The smallest absolute Gasteiger partial charge is 0.281 e. The van der Waals surface area contributed by atoms with Gasteiger partial charge in [-0.05, 0) is 101 Å². The van der Waals surface area contributed by atoms with Crippen LogP contribution in [0.5, 0.6) is 0 Å². The molecule has 2 unspecified atom stereocenters. The van der Waals surface area contributed by atoms with E-state index in [1.165, 1.54) is 36.4 Å². The van der Waals surface area contributed by atoms with Crippen LogP contribution in [-0.2, 0) is 14.3 Å². The molecule has 4 aliphatic heterocycles. The molecule has 7 fully saturated rings. The predicted octanol–water partition coefficient (Wildman–Crippen LogP) is 5.73. The molecular weight excluding hydrogens is 914 g/mol. The van der Waals surface area contributed by atoms with Crippen molar-refractivity contribution < 1.29 is 32.3 Å². The molecule has 376 valence electrons. The van der Waals surface area contributed by atoms with Gasteiger partial charge in [0.25, 0.3) is 12.3 Å². The van der Waals surface area contributed by atoms with E-state index in [4.69, 9.17) is 20.2 Å². The predicted molar refractivity (Wildman–Crippen MR) is 260 cm³/mol. The van der Waals surface area contributed by atoms with Crippen LogP contribution in [0.25, 0.3) is 16.6 Å². The number of hydrogen-bond donors (Lipinski definition) is 4. The number of fused-ring (bicyclic) bond motifs is 3. The maximum absolute atomic E-state index is 16.6. The molecule has 0 spiro atoms. The minimum absolute atomic E-state index is 0.0492. The van der Waals surface area contributed by atoms with Crippen LogP contribution >= 0.6 is 0 Å². The second-order valence-corrected chi connectivity index (χ2v) is 21.3. The molecule has 3 saturated carbocycles. The highest BCUT2D eigenvalue weighted by atomic mass is 19.3. The van der Waals surface area contributed by atoms with Gasteiger partial charge in [0.05, 0.1) is 40.6 Å². The van der Waals surface area contributed by atoms with Gasteiger partial charge in [-0.15, -0.1) is 0 Å². The number of alkyl halides is 3. The molecule has 4 aromatic rings. The van der Waals surface area contributed by atoms with Crippen LogP contribution in [0.2, 0.25) is 0 Å². The highest BCUT2D eigenvalue weighted by molar-refractivity contribution is 6.08. The van der Waals surface area contributed by atoms with Crippen molar-refractivity contribution in [3.05, 3.63) is 65.4 Å². The van der Waals surface area contributed by atoms with E-state index in [1.807, 2.05) is 28.9 Å². The van der Waals surface area contributed by atoms with Crippen molar-refractivity contribution in [3.63, 3.8) is 0 Å². The highest BCUT2D eigenvalue weighted by Gasteiger charge is 2.75. The lowest BCUT2D eigenvalue weighted by molar-refractivity contribution is -0.134. The number of carbonyl (C=O) groups is 3. The van der Waals surface area contributed by atoms with Gasteiger partial charge in [-0.25, -0.2) is 22.7 Å². The molecule has 0 bridgehead atoms. The number of nitrogens with one attached hydrogen (secondary N) is 4. The SMILES string of the molecule is CC1CN(C[C@H]2CC[C@H](N/C=C(/NC(=O)c3cnn4ccc(N5CCC(CN6CCC6)CC5)nc34)C(=N)C(F)F)CC2)C[C@]2(F)C[C@]12OCC#Cc1cccc2c(C3CCC(=O)NC3=O)nn(C3CC3)c12. The first-order valence-electron chi connectivity index (χ1n) is 25.7. The van der Waals surface area contributed by atoms with Crippen LogP contribution in [-0.4, -0.2) is 140 Å². The van der Waals surface area contributed by atoms with Crippen molar-refractivity contribution in [2.45, 2.75) is 120 Å². The number of likely N-dealkylation sites (tertiary alicyclic amines) is 2. The second-order valence-electron chi connectivity index (χ2n) is 21.3. The molecule has 4 atom stereocenters. The molecule has 3 aromatic heterocycles. The maximum atomic E-state index is 16.6. The van der Waals surface area contributed by atoms with E-state index in [9.17, 15) is 23.2 Å². The fourth-order valence-corrected chi connectivity index (χ4v) is 12.0. The zero-order valence-corrected chi connectivity index (χ0v) is 40.3. The Labute approximate surface area is 411 Å². The first-order chi connectivity index (χ1) is 34.3. The Hall–Kier alpha value is -5.84. The Morgan fingerprint density at radius 1 is 1.01 bits per heavy atom. The third-order valence-corrected chi connectivity index (χ3v) is 16.4. The largest absolute Gasteiger partial charge is 0.386 e. The summed E-state index contributed by atoms with van der Waals surface area (Å²) in [4.78, 5) is 50.0. The van der Waals surface area contributed by atoms with Crippen LogP contribution in [0.1, 0.15) is 118 Å². The van der Waals surface area contributed by atoms with E-state index in [0.29, 0.717) is 42.6 Å². The normalized spacial score (nSPS) is 28.6. The highest BCUT2D eigenvalue weighted by Crippen LogP contribution is 2.61. The summed E-state index contributed by atoms with van der Waals surface area (Å²) in [6.07, 6.45) is 11.0. The molecule has 11 rings (SSSR count). The number of carbonyl (C=O) groups excluding carboxylic acids is 3. The van der Waals surface area contributed by atoms with Gasteiger partial charge in [-0.3, -0.25) is 34.7 Å². The van der Waals surface area contributed by atoms with E-state index in [-0.39, 0.29) is 60.6 Å². The molecule has 3 amide bonds. The van der Waals surface area contributed by atoms with Gasteiger partial charge < -0.3 is 25.2 Å². The summed E-state index contributed by atoms with van der Waals surface area (Å²) in [6, 6.07) is 7.87. The van der Waals surface area contributed by atoms with Crippen molar-refractivity contribution in [2.24, 2.45) is 17.8 Å². The van der Waals surface area contributed by atoms with Gasteiger partial charge in [0.1, 0.15) is 29.3 Å². The number of anilines is 1. The fourth-order valence-electron chi connectivity index (χ4n) is 12.0. The number of aromatic nitrogens is 5. The van der Waals surface area contributed by atoms with E-state index in [1.54, 1.807) is 6.20 Å². The molecule has 16 nitrogen and oxygen atoms in total. The molecule has 7 aliphatic rings. The summed E-state index contributed by atoms with van der Waals surface area (Å²) in [5.41, 5.74) is -0.887. The number of benzene rings is 1. The molecule has 71 heavy (non-hydrogen) atoms. The van der Waals surface area contributed by atoms with Crippen LogP contribution < -0.4 is 20.9 Å². The van der Waals surface area contributed by atoms with Gasteiger partial charge in [0.2, 0.25) is 11.8 Å². The van der Waals surface area contributed by atoms with Crippen molar-refractivity contribution in [2.75, 3.05) is 63.9 Å². The number of rotatable bonds is 15. The minimum Gasteiger partial charge on any atom is -0.386 e. The van der Waals surface area contributed by atoms with Crippen molar-refractivity contribution in [1.29, 1.82) is 5.41 Å². The second kappa shape index (κ2) is 19.3. The number of nitrogens with zero attached hydrogens (tertiary/aromatic N) is 8. The minimum atomic E-state index is -3.10. The van der Waals surface area contributed by atoms with E-state index >= 15 is 4.39 Å². The number of ether oxygens (including phenoxy) is 1. The molecule has 1 aromatic carbocycles. The zero-order chi connectivity index (χ0) is 49.0. The van der Waals surface area contributed by atoms with Gasteiger partial charge in [-0.1, -0.05) is 30.9 Å². The first kappa shape index (κ1) is 47.5. The quantitative estimate of drug-likeness (QED) is 0.0650. The monoisotopic (exact) mass is 977 g/mol. The van der Waals surface area contributed by atoms with Gasteiger partial charge in [-0.2, -0.15) is 10.2 Å². The molecule has 19 heteroatoms. The zero-order valence-electron chi connectivity index (χ0n) is 40.3. The number of hydrogen-bond acceptors (Lipinski definition) is 12. The van der Waals surface area contributed by atoms with E-state index < -0.39 is 35.2 Å². The third-order valence-electron chi connectivity index (χ3n) is 16.4. The van der Waals surface area contributed by atoms with Gasteiger partial charge in [0.15, 0.2) is 11.3 Å². The average molecular weight is 977 g/mol. The standard InChI is InChI=1S/C52H63F3N12O4/c1-32-27-64(31-51(55)30-52(32,51)71-24-3-6-35-5-2-7-38-45(39-14-15-43(68)61-49(39)69)62-67(46(35)38)37-12-13-37)29-33-8-10-36(11-9-33)57-26-41(44(56)47(53)54)59-50(70)40-25-58-66-23-18-42(60-48(40)66)65-21-16-34(17-22-65)28-63-19-4-20-63/h2,5,7,18,23,25-26,32-34,36-37,39,47,56-57H,4,8-17,19-22,24,27-31H2,1H3,(H,59,70)(H,61,68,69)/b41-26+,56-44?/t32?,33-,36-,39?,51-,52+/m1/s1. The molecule has 3 aliphatic carbocycles. The molecule has 4 saturated heterocycles. The summed E-state index contributed by atoms with van der Waals surface area (Å²) in [5, 5.41) is 26.5. The molecular formula is C52H63F3N12O4. The van der Waals surface area contributed by atoms with Gasteiger partial charge in [0, 0.05) is 81.9 Å². The number of allylic oxidation sites excluding steroid dienone is 1. The van der Waals surface area contributed by atoms with Crippen molar-refractivity contribution >= 4 is 45.8 Å². The van der Waals surface area contributed by atoms with Crippen LogP contribution in [0.15, 0.2) is 48.6 Å². The van der Waals surface area contributed by atoms with Crippen molar-refractivity contribution in [3.8, 4) is 11.8 Å². The van der Waals surface area contributed by atoms with Gasteiger partial charge >= 0.3 is 0 Å². The Bertz CT molecular complexity index is 2810. The Kier molecular flexibility index (Phi) is 12.9. The summed E-state index contributed by atoms with van der Waals surface area (Å²) in [7, 11) is 0. The van der Waals surface area contributed by atoms with Crippen LogP contribution in [0.4, 0.5) is 19.0 Å². The van der Waals surface area contributed by atoms with E-state index in [0.717, 1.165) is 99.8 Å². The van der Waals surface area contributed by atoms with Crippen molar-refractivity contribution in [1.82, 2.24) is 50.1 Å². The molecule has 4 N–H and O–H groups in total. The Balaban J connectivity index is 0.666. The first-order valence-corrected chi connectivity index (χ1v) is 25.7. The lowest BCUT2D eigenvalue weighted by Crippen LogP contribution is -2.52. The summed E-state index contributed by atoms with van der Waals surface area (Å²) >= 11 is 0. The fraction of sp³-hybridized carbons (Fsp3) is 0.596. The number of amides is 3. The maximum Gasteiger partial charge on any atom is 0.281 e. The number of piperidine rings is 3. The lowest BCUT2D eigenvalue weighted by Gasteiger charge is -2.40. The van der Waals surface area contributed by atoms with Crippen LogP contribution in [0, 0.1) is 35.0 Å². The lowest BCUT2D eigenvalue weighted by atomic mass is 9.84. The summed E-state index contributed by atoms with van der Waals surface area (Å²) in [5.74, 6) is 6.36. The third kappa shape index (κ3) is 9.54. The summed E-state index contributed by atoms with van der Waals surface area (Å²) < 4.78 is 54.4. The average Bonchev–Trinajstić information content (AvgIpc) is 4.20.